The fourth-order valence-electron chi connectivity index (χ4n) is 4.68. The molecule has 2 aromatic rings. The lowest BCUT2D eigenvalue weighted by Gasteiger charge is -2.35. The van der Waals surface area contributed by atoms with E-state index in [2.05, 4.69) is 5.32 Å². The Kier molecular flexibility index (Phi) is 6.13. The van der Waals surface area contributed by atoms with Crippen LogP contribution >= 0.6 is 0 Å². The Bertz CT molecular complexity index is 962. The van der Waals surface area contributed by atoms with Gasteiger partial charge in [0.25, 0.3) is 5.91 Å². The molecule has 0 aromatic heterocycles. The molecule has 0 radical (unpaired) electrons. The molecule has 0 unspecified atom stereocenters. The van der Waals surface area contributed by atoms with Crippen molar-refractivity contribution < 1.29 is 24.2 Å². The van der Waals surface area contributed by atoms with Crippen molar-refractivity contribution >= 4 is 17.5 Å². The number of ether oxygens (including phenoxy) is 2. The van der Waals surface area contributed by atoms with Crippen LogP contribution in [0.1, 0.15) is 30.1 Å². The average molecular weight is 424 g/mol. The third kappa shape index (κ3) is 4.66. The van der Waals surface area contributed by atoms with E-state index in [0.29, 0.717) is 48.7 Å². The third-order valence-electron chi connectivity index (χ3n) is 6.15. The lowest BCUT2D eigenvalue weighted by Crippen LogP contribution is -2.42. The molecule has 1 saturated heterocycles. The molecule has 1 aliphatic carbocycles. The van der Waals surface area contributed by atoms with Crippen molar-refractivity contribution in [2.45, 2.75) is 32.0 Å². The molecule has 0 spiro atoms. The zero-order valence-corrected chi connectivity index (χ0v) is 17.8. The summed E-state index contributed by atoms with van der Waals surface area (Å²) < 4.78 is 11.5. The Morgan fingerprint density at radius 3 is 2.45 bits per heavy atom. The van der Waals surface area contributed by atoms with Gasteiger partial charge in [0.1, 0.15) is 6.10 Å². The number of amides is 2. The topological polar surface area (TPSA) is 88.1 Å². The number of nitrogens with zero attached hydrogens (tertiary/aromatic N) is 1. The predicted octanol–water partition coefficient (Wildman–Crippen LogP) is 2.94. The van der Waals surface area contributed by atoms with E-state index in [9.17, 15) is 14.7 Å². The van der Waals surface area contributed by atoms with Gasteiger partial charge in [0.05, 0.1) is 13.2 Å². The van der Waals surface area contributed by atoms with Gasteiger partial charge in [0.2, 0.25) is 5.91 Å². The molecule has 2 aliphatic rings. The smallest absolute Gasteiger partial charge is 0.253 e. The van der Waals surface area contributed by atoms with Crippen LogP contribution in [-0.2, 0) is 4.79 Å². The Morgan fingerprint density at radius 2 is 1.74 bits per heavy atom. The number of nitrogens with one attached hydrogen (secondary N) is 1. The van der Waals surface area contributed by atoms with E-state index in [1.54, 1.807) is 31.4 Å². The number of anilines is 1. The van der Waals surface area contributed by atoms with Gasteiger partial charge in [-0.05, 0) is 55.0 Å². The summed E-state index contributed by atoms with van der Waals surface area (Å²) in [6.45, 7) is 2.69. The number of carbonyl (C=O) groups is 2. The molecule has 4 atom stereocenters. The number of carbonyl (C=O) groups excluding carboxylic acids is 2. The van der Waals surface area contributed by atoms with Gasteiger partial charge in [-0.2, -0.15) is 0 Å². The molecule has 0 bridgehead atoms. The summed E-state index contributed by atoms with van der Waals surface area (Å²) in [6.07, 6.45) is 0.347. The number of hydrogen-bond donors (Lipinski definition) is 2. The van der Waals surface area contributed by atoms with E-state index >= 15 is 0 Å². The number of aliphatic hydroxyl groups excluding tert-OH is 1. The molecule has 2 amide bonds. The summed E-state index contributed by atoms with van der Waals surface area (Å²) >= 11 is 0. The quantitative estimate of drug-likeness (QED) is 0.771. The fraction of sp³-hybridized carbons (Fsp3) is 0.417. The minimum atomic E-state index is -0.593. The summed E-state index contributed by atoms with van der Waals surface area (Å²) in [5.74, 6) is 1.54. The second-order valence-electron chi connectivity index (χ2n) is 8.34. The van der Waals surface area contributed by atoms with Crippen molar-refractivity contribution in [3.63, 3.8) is 0 Å². The molecule has 1 aliphatic heterocycles. The maximum atomic E-state index is 13.1. The van der Waals surface area contributed by atoms with Crippen LogP contribution in [0.5, 0.6) is 11.5 Å². The van der Waals surface area contributed by atoms with E-state index in [1.807, 2.05) is 29.2 Å². The van der Waals surface area contributed by atoms with E-state index < -0.39 is 6.10 Å². The van der Waals surface area contributed by atoms with Gasteiger partial charge >= 0.3 is 0 Å². The Labute approximate surface area is 182 Å². The Morgan fingerprint density at radius 1 is 1.03 bits per heavy atom. The first-order chi connectivity index (χ1) is 14.9. The molecule has 4 rings (SSSR count). The van der Waals surface area contributed by atoms with E-state index in [-0.39, 0.29) is 29.8 Å². The molecule has 1 saturated carbocycles. The molecular formula is C24H28N2O5. The molecule has 2 aromatic carbocycles. The van der Waals surface area contributed by atoms with Crippen LogP contribution in [0.2, 0.25) is 0 Å². The van der Waals surface area contributed by atoms with Gasteiger partial charge in [-0.1, -0.05) is 18.2 Å². The highest BCUT2D eigenvalue weighted by Crippen LogP contribution is 2.39. The van der Waals surface area contributed by atoms with Crippen molar-refractivity contribution in [1.82, 2.24) is 4.90 Å². The van der Waals surface area contributed by atoms with Crippen molar-refractivity contribution in [3.8, 4) is 11.5 Å². The van der Waals surface area contributed by atoms with Crippen LogP contribution in [0.25, 0.3) is 0 Å². The van der Waals surface area contributed by atoms with Gasteiger partial charge in [-0.3, -0.25) is 9.59 Å². The first-order valence-corrected chi connectivity index (χ1v) is 10.6. The average Bonchev–Trinajstić information content (AvgIpc) is 3.16. The minimum absolute atomic E-state index is 0.0571. The maximum absolute atomic E-state index is 13.1. The first kappa shape index (κ1) is 21.2. The largest absolute Gasteiger partial charge is 0.493 e. The van der Waals surface area contributed by atoms with Crippen LogP contribution in [0.4, 0.5) is 5.69 Å². The summed E-state index contributed by atoms with van der Waals surface area (Å²) in [6, 6.07) is 14.4. The number of likely N-dealkylation sites (tertiary alicyclic amines) is 1. The second kappa shape index (κ2) is 8.98. The van der Waals surface area contributed by atoms with Crippen LogP contribution in [0.15, 0.2) is 48.5 Å². The summed E-state index contributed by atoms with van der Waals surface area (Å²) in [5, 5.41) is 13.4. The molecule has 164 valence electrons. The predicted molar refractivity (Wildman–Crippen MR) is 116 cm³/mol. The van der Waals surface area contributed by atoms with Crippen LogP contribution in [0.3, 0.4) is 0 Å². The minimum Gasteiger partial charge on any atom is -0.493 e. The highest BCUT2D eigenvalue weighted by molar-refractivity contribution is 5.97. The van der Waals surface area contributed by atoms with Gasteiger partial charge in [0.15, 0.2) is 11.5 Å². The first-order valence-electron chi connectivity index (χ1n) is 10.6. The summed E-state index contributed by atoms with van der Waals surface area (Å²) in [7, 11) is 1.59. The van der Waals surface area contributed by atoms with Crippen LogP contribution in [-0.4, -0.2) is 54.2 Å². The van der Waals surface area contributed by atoms with Crippen molar-refractivity contribution in [1.29, 1.82) is 0 Å². The highest BCUT2D eigenvalue weighted by Gasteiger charge is 2.44. The van der Waals surface area contributed by atoms with Gasteiger partial charge in [0, 0.05) is 31.3 Å². The third-order valence-corrected chi connectivity index (χ3v) is 6.15. The number of fused-ring (bicyclic) bond motifs is 1. The molecule has 1 heterocycles. The number of methoxy groups -OCH3 is 1. The Hall–Kier alpha value is -3.06. The Balaban J connectivity index is 1.43. The molecule has 7 nitrogen and oxygen atoms in total. The van der Waals surface area contributed by atoms with Gasteiger partial charge < -0.3 is 24.8 Å². The van der Waals surface area contributed by atoms with Crippen LogP contribution in [0, 0.1) is 11.8 Å². The van der Waals surface area contributed by atoms with Crippen molar-refractivity contribution in [3.05, 3.63) is 54.1 Å². The second-order valence-corrected chi connectivity index (χ2v) is 8.34. The number of aliphatic hydroxyl groups is 1. The van der Waals surface area contributed by atoms with Crippen molar-refractivity contribution in [2.24, 2.45) is 11.8 Å². The molecule has 31 heavy (non-hydrogen) atoms. The molecule has 7 heteroatoms. The lowest BCUT2D eigenvalue weighted by molar-refractivity contribution is -0.114. The van der Waals surface area contributed by atoms with Crippen LogP contribution < -0.4 is 14.8 Å². The molecule has 2 N–H and O–H groups in total. The molecule has 2 fully saturated rings. The highest BCUT2D eigenvalue weighted by atomic mass is 16.5. The number of benzene rings is 2. The summed E-state index contributed by atoms with van der Waals surface area (Å²) in [4.78, 5) is 26.2. The van der Waals surface area contributed by atoms with Gasteiger partial charge in [-0.15, -0.1) is 0 Å². The number of rotatable bonds is 5. The van der Waals surface area contributed by atoms with E-state index in [4.69, 9.17) is 9.47 Å². The maximum Gasteiger partial charge on any atom is 0.253 e. The standard InChI is InChI=1S/C24H28N2O5/c1-15(27)25-19-7-5-6-16(10-19)24(29)26-13-17-11-20(28)23(12-18(17)14-26)31-22-9-4-3-8-21(22)30-2/h3-10,17-18,20,23,28H,11-14H2,1-2H3,(H,25,27)/t17-,18+,20+,23+/m0/s1. The SMILES string of the molecule is COc1ccccc1O[C@@H]1C[C@@H]2CN(C(=O)c3cccc(NC(C)=O)c3)C[C@@H]2C[C@H]1O. The number of para-hydroxylation sites is 2. The monoisotopic (exact) mass is 424 g/mol. The summed E-state index contributed by atoms with van der Waals surface area (Å²) in [5.41, 5.74) is 1.16. The fourth-order valence-corrected chi connectivity index (χ4v) is 4.68. The zero-order chi connectivity index (χ0) is 22.0. The normalized spacial score (nSPS) is 24.9. The number of hydrogen-bond acceptors (Lipinski definition) is 5. The van der Waals surface area contributed by atoms with E-state index in [0.717, 1.165) is 0 Å². The van der Waals surface area contributed by atoms with Crippen molar-refractivity contribution in [2.75, 3.05) is 25.5 Å². The lowest BCUT2D eigenvalue weighted by atomic mass is 9.78. The zero-order valence-electron chi connectivity index (χ0n) is 17.8. The van der Waals surface area contributed by atoms with E-state index in [1.165, 1.54) is 6.92 Å². The molecular weight excluding hydrogens is 396 g/mol. The van der Waals surface area contributed by atoms with Gasteiger partial charge in [-0.25, -0.2) is 0 Å².